The molecule has 0 spiro atoms. The maximum Gasteiger partial charge on any atom is 0.343 e. The minimum atomic E-state index is -0.534. The number of unbranched alkanes of at least 4 members (excludes halogenated alkanes) is 14. The molecule has 5 aromatic carbocycles. The van der Waals surface area contributed by atoms with Crippen LogP contribution in [0.1, 0.15) is 148 Å². The number of carbonyl (C=O) groups excluding carboxylic acids is 2. The Bertz CT molecular complexity index is 2090. The molecule has 0 saturated carbocycles. The molecular weight excluding hydrogens is 773 g/mol. The van der Waals surface area contributed by atoms with E-state index in [0.29, 0.717) is 11.1 Å². The van der Waals surface area contributed by atoms with Gasteiger partial charge in [0.25, 0.3) is 0 Å². The number of carbonyl (C=O) groups is 2. The fraction of sp³-hybridized carbons (Fsp3) is 0.370. The van der Waals surface area contributed by atoms with Crippen molar-refractivity contribution in [1.82, 2.24) is 0 Å². The van der Waals surface area contributed by atoms with E-state index < -0.39 is 11.9 Å². The van der Waals surface area contributed by atoms with E-state index in [1.807, 2.05) is 60.7 Å². The predicted molar refractivity (Wildman–Crippen MR) is 253 cm³/mol. The molecule has 0 aliphatic carbocycles. The summed E-state index contributed by atoms with van der Waals surface area (Å²) in [7, 11) is 0. The first-order valence-corrected chi connectivity index (χ1v) is 22.8. The van der Waals surface area contributed by atoms with Crippen molar-refractivity contribution in [3.63, 3.8) is 0 Å². The summed E-state index contributed by atoms with van der Waals surface area (Å²) in [5.74, 6) is 1.13. The molecule has 0 heterocycles. The normalized spacial score (nSPS) is 11.3. The summed E-state index contributed by atoms with van der Waals surface area (Å²) in [5, 5.41) is 0. The fourth-order valence-corrected chi connectivity index (χ4v) is 6.75. The highest BCUT2D eigenvalue weighted by molar-refractivity contribution is 5.93. The Hall–Kier alpha value is -6.02. The van der Waals surface area contributed by atoms with Crippen LogP contribution in [-0.4, -0.2) is 37.6 Å². The molecule has 0 aromatic heterocycles. The first-order valence-electron chi connectivity index (χ1n) is 22.8. The molecule has 0 radical (unpaired) electrons. The lowest BCUT2D eigenvalue weighted by Gasteiger charge is -2.08. The second-order valence-corrected chi connectivity index (χ2v) is 15.6. The van der Waals surface area contributed by atoms with Gasteiger partial charge in [-0.25, -0.2) is 9.59 Å². The van der Waals surface area contributed by atoms with Crippen LogP contribution in [0, 0.1) is 0 Å². The number of esters is 2. The third-order valence-corrected chi connectivity index (χ3v) is 10.5. The van der Waals surface area contributed by atoms with E-state index in [1.54, 1.807) is 67.0 Å². The lowest BCUT2D eigenvalue weighted by atomic mass is 10.1. The average Bonchev–Trinajstić information content (AvgIpc) is 3.30. The van der Waals surface area contributed by atoms with Gasteiger partial charge in [-0.3, -0.25) is 9.98 Å². The number of hydrogen-bond donors (Lipinski definition) is 0. The molecule has 326 valence electrons. The van der Waals surface area contributed by atoms with E-state index >= 15 is 0 Å². The molecule has 0 saturated heterocycles. The summed E-state index contributed by atoms with van der Waals surface area (Å²) in [6, 6.07) is 35.9. The van der Waals surface area contributed by atoms with Crippen molar-refractivity contribution in [3.05, 3.63) is 144 Å². The topological polar surface area (TPSA) is 95.8 Å². The van der Waals surface area contributed by atoms with Gasteiger partial charge in [0.05, 0.1) is 35.7 Å². The molecule has 0 fully saturated rings. The molecular formula is C54H64N2O6. The van der Waals surface area contributed by atoms with E-state index in [0.717, 1.165) is 60.1 Å². The van der Waals surface area contributed by atoms with Gasteiger partial charge in [-0.2, -0.15) is 0 Å². The highest BCUT2D eigenvalue weighted by Gasteiger charge is 2.12. The SMILES string of the molecule is CCCCCCCCCCCCCCOc1ccc(N=Cc2ccc(C(=O)Oc3cccc(OC(=O)c4ccc(C=Nc5ccc(OCCCCCC)cc5)cc4)c3)cc2)cc1. The largest absolute Gasteiger partial charge is 0.494 e. The van der Waals surface area contributed by atoms with E-state index in [-0.39, 0.29) is 11.5 Å². The highest BCUT2D eigenvalue weighted by Crippen LogP contribution is 2.24. The number of rotatable bonds is 28. The van der Waals surface area contributed by atoms with Gasteiger partial charge in [0.15, 0.2) is 0 Å². The van der Waals surface area contributed by atoms with Gasteiger partial charge < -0.3 is 18.9 Å². The van der Waals surface area contributed by atoms with Crippen LogP contribution in [0.15, 0.2) is 131 Å². The van der Waals surface area contributed by atoms with Crippen molar-refractivity contribution in [2.45, 2.75) is 117 Å². The van der Waals surface area contributed by atoms with Crippen LogP contribution in [0.5, 0.6) is 23.0 Å². The van der Waals surface area contributed by atoms with Crippen LogP contribution in [-0.2, 0) is 0 Å². The zero-order valence-corrected chi connectivity index (χ0v) is 36.8. The third-order valence-electron chi connectivity index (χ3n) is 10.5. The molecule has 0 unspecified atom stereocenters. The quantitative estimate of drug-likeness (QED) is 0.0215. The average molecular weight is 837 g/mol. The number of aliphatic imine (C=N–C) groups is 2. The fourth-order valence-electron chi connectivity index (χ4n) is 6.75. The predicted octanol–water partition coefficient (Wildman–Crippen LogP) is 14.7. The van der Waals surface area contributed by atoms with Crippen molar-refractivity contribution in [3.8, 4) is 23.0 Å². The molecule has 5 aromatic rings. The van der Waals surface area contributed by atoms with Crippen LogP contribution < -0.4 is 18.9 Å². The van der Waals surface area contributed by atoms with Crippen LogP contribution in [0.3, 0.4) is 0 Å². The zero-order valence-electron chi connectivity index (χ0n) is 36.8. The van der Waals surface area contributed by atoms with Gasteiger partial charge in [0.2, 0.25) is 0 Å². The van der Waals surface area contributed by atoms with Crippen LogP contribution in [0.4, 0.5) is 11.4 Å². The Morgan fingerprint density at radius 3 is 1.16 bits per heavy atom. The maximum absolute atomic E-state index is 13.0. The van der Waals surface area contributed by atoms with Crippen molar-refractivity contribution < 1.29 is 28.5 Å². The highest BCUT2D eigenvalue weighted by atomic mass is 16.5. The van der Waals surface area contributed by atoms with Gasteiger partial charge in [0.1, 0.15) is 23.0 Å². The van der Waals surface area contributed by atoms with Gasteiger partial charge in [-0.15, -0.1) is 0 Å². The van der Waals surface area contributed by atoms with E-state index in [1.165, 1.54) is 96.0 Å². The van der Waals surface area contributed by atoms with Gasteiger partial charge >= 0.3 is 11.9 Å². The summed E-state index contributed by atoms with van der Waals surface area (Å²) < 4.78 is 23.0. The Labute approximate surface area is 369 Å². The molecule has 0 aliphatic heterocycles. The minimum Gasteiger partial charge on any atom is -0.494 e. The second-order valence-electron chi connectivity index (χ2n) is 15.6. The molecule has 5 rings (SSSR count). The summed E-state index contributed by atoms with van der Waals surface area (Å²) in [4.78, 5) is 35.0. The van der Waals surface area contributed by atoms with E-state index in [2.05, 4.69) is 23.8 Å². The second kappa shape index (κ2) is 27.8. The van der Waals surface area contributed by atoms with Crippen molar-refractivity contribution in [2.24, 2.45) is 9.98 Å². The van der Waals surface area contributed by atoms with E-state index in [9.17, 15) is 9.59 Å². The number of ether oxygens (including phenoxy) is 4. The molecule has 0 bridgehead atoms. The molecule has 0 atom stereocenters. The Kier molecular flexibility index (Phi) is 21.1. The first kappa shape index (κ1) is 47.0. The summed E-state index contributed by atoms with van der Waals surface area (Å²) in [6.45, 7) is 5.91. The lowest BCUT2D eigenvalue weighted by Crippen LogP contribution is -2.10. The summed E-state index contributed by atoms with van der Waals surface area (Å²) in [5.41, 5.74) is 4.04. The van der Waals surface area contributed by atoms with Gasteiger partial charge in [0, 0.05) is 18.5 Å². The third kappa shape index (κ3) is 17.9. The lowest BCUT2D eigenvalue weighted by molar-refractivity contribution is 0.0732. The van der Waals surface area contributed by atoms with Crippen LogP contribution >= 0.6 is 0 Å². The molecule has 62 heavy (non-hydrogen) atoms. The molecule has 8 nitrogen and oxygen atoms in total. The van der Waals surface area contributed by atoms with Gasteiger partial charge in [-0.1, -0.05) is 134 Å². The summed E-state index contributed by atoms with van der Waals surface area (Å²) >= 11 is 0. The molecule has 0 N–H and O–H groups in total. The zero-order chi connectivity index (χ0) is 43.5. The van der Waals surface area contributed by atoms with Gasteiger partial charge in [-0.05, 0) is 109 Å². The van der Waals surface area contributed by atoms with Crippen molar-refractivity contribution in [1.29, 1.82) is 0 Å². The molecule has 8 heteroatoms. The standard InChI is InChI=1S/C54H64N2O6/c1-3-5-7-9-10-11-12-13-14-15-16-18-39-60-50-36-32-48(33-37-50)56-42-44-24-28-46(29-25-44)54(58)62-52-21-19-20-51(40-52)61-53(57)45-26-22-43(23-27-45)41-55-47-30-34-49(35-31-47)59-38-17-8-6-4-2/h19-37,40-42H,3-18,38-39H2,1-2H3. The van der Waals surface area contributed by atoms with Crippen LogP contribution in [0.25, 0.3) is 0 Å². The summed E-state index contributed by atoms with van der Waals surface area (Å²) in [6.07, 6.45) is 24.1. The Morgan fingerprint density at radius 1 is 0.419 bits per heavy atom. The maximum atomic E-state index is 13.0. The number of hydrogen-bond acceptors (Lipinski definition) is 8. The Balaban J connectivity index is 0.987. The van der Waals surface area contributed by atoms with Crippen molar-refractivity contribution in [2.75, 3.05) is 13.2 Å². The first-order chi connectivity index (χ1) is 30.5. The molecule has 0 amide bonds. The monoisotopic (exact) mass is 836 g/mol. The van der Waals surface area contributed by atoms with Crippen molar-refractivity contribution >= 4 is 35.7 Å². The number of benzene rings is 5. The van der Waals surface area contributed by atoms with E-state index in [4.69, 9.17) is 18.9 Å². The van der Waals surface area contributed by atoms with Crippen LogP contribution in [0.2, 0.25) is 0 Å². The molecule has 0 aliphatic rings. The number of nitrogens with zero attached hydrogens (tertiary/aromatic N) is 2. The minimum absolute atomic E-state index is 0.255. The smallest absolute Gasteiger partial charge is 0.343 e. The Morgan fingerprint density at radius 2 is 0.774 bits per heavy atom.